The molecule has 0 amide bonds. The van der Waals surface area contributed by atoms with Gasteiger partial charge < -0.3 is 21.3 Å². The Hall–Kier alpha value is -0.160. The van der Waals surface area contributed by atoms with Crippen LogP contribution in [-0.2, 0) is 0 Å². The molecule has 1 fully saturated rings. The second kappa shape index (κ2) is 2.84. The van der Waals surface area contributed by atoms with Crippen LogP contribution in [0.4, 0.5) is 0 Å². The van der Waals surface area contributed by atoms with Crippen LogP contribution in [0.1, 0.15) is 6.92 Å². The Bertz CT molecular complexity index is 106. The minimum absolute atomic E-state index is 0.0604. The lowest BCUT2D eigenvalue weighted by molar-refractivity contribution is -0.0329. The molecule has 0 bridgehead atoms. The van der Waals surface area contributed by atoms with Crippen LogP contribution in [0.2, 0.25) is 0 Å². The quantitative estimate of drug-likeness (QED) is 0.319. The van der Waals surface area contributed by atoms with Gasteiger partial charge in [0.05, 0.1) is 12.2 Å². The van der Waals surface area contributed by atoms with Crippen molar-refractivity contribution in [2.45, 2.75) is 31.2 Å². The zero-order valence-corrected chi connectivity index (χ0v) is 5.99. The standard InChI is InChI=1S/C6H14N2O2/c1-3-5(9)6(10)4(7)2-8-3/h3-6,8-10H,2,7H2,1H3/t3?,4?,5-,6?/m0/s1. The summed E-state index contributed by atoms with van der Waals surface area (Å²) >= 11 is 0. The van der Waals surface area contributed by atoms with Crippen molar-refractivity contribution >= 4 is 0 Å². The first kappa shape index (κ1) is 7.94. The molecule has 1 aliphatic rings. The summed E-state index contributed by atoms with van der Waals surface area (Å²) in [6.07, 6.45) is -1.51. The average molecular weight is 146 g/mol. The van der Waals surface area contributed by atoms with Crippen molar-refractivity contribution < 1.29 is 10.2 Å². The molecule has 0 spiro atoms. The molecule has 4 heteroatoms. The molecule has 5 N–H and O–H groups in total. The summed E-state index contributed by atoms with van der Waals surface area (Å²) < 4.78 is 0. The Labute approximate surface area is 60.0 Å². The zero-order valence-electron chi connectivity index (χ0n) is 5.99. The number of piperidine rings is 1. The molecule has 0 radical (unpaired) electrons. The average Bonchev–Trinajstić information content (AvgIpc) is 1.93. The Kier molecular flexibility index (Phi) is 2.25. The minimum Gasteiger partial charge on any atom is -0.389 e. The van der Waals surface area contributed by atoms with E-state index in [1.165, 1.54) is 0 Å². The van der Waals surface area contributed by atoms with Crippen molar-refractivity contribution in [2.75, 3.05) is 6.54 Å². The summed E-state index contributed by atoms with van der Waals surface area (Å²) in [5.41, 5.74) is 5.46. The predicted octanol–water partition coefficient (Wildman–Crippen LogP) is -1.97. The fraction of sp³-hybridized carbons (Fsp3) is 1.00. The molecule has 10 heavy (non-hydrogen) atoms. The van der Waals surface area contributed by atoms with E-state index in [1.54, 1.807) is 0 Å². The number of aliphatic hydroxyl groups excluding tert-OH is 2. The highest BCUT2D eigenvalue weighted by Gasteiger charge is 2.32. The van der Waals surface area contributed by atoms with Crippen molar-refractivity contribution in [3.8, 4) is 0 Å². The van der Waals surface area contributed by atoms with Crippen LogP contribution < -0.4 is 11.1 Å². The third-order valence-corrected chi connectivity index (χ3v) is 1.98. The molecule has 0 aromatic heterocycles. The van der Waals surface area contributed by atoms with Gasteiger partial charge in [0.25, 0.3) is 0 Å². The molecule has 0 saturated carbocycles. The number of nitrogens with one attached hydrogen (secondary N) is 1. The molecule has 1 heterocycles. The highest BCUT2D eigenvalue weighted by atomic mass is 16.3. The topological polar surface area (TPSA) is 78.5 Å². The van der Waals surface area contributed by atoms with Gasteiger partial charge >= 0.3 is 0 Å². The number of hydrogen-bond donors (Lipinski definition) is 4. The first-order valence-electron chi connectivity index (χ1n) is 3.48. The molecule has 0 aromatic rings. The van der Waals surface area contributed by atoms with E-state index in [0.29, 0.717) is 6.54 Å². The maximum Gasteiger partial charge on any atom is 0.0977 e. The third-order valence-electron chi connectivity index (χ3n) is 1.98. The summed E-state index contributed by atoms with van der Waals surface area (Å²) in [6, 6.07) is -0.402. The van der Waals surface area contributed by atoms with Crippen molar-refractivity contribution in [2.24, 2.45) is 5.73 Å². The van der Waals surface area contributed by atoms with Gasteiger partial charge in [0.1, 0.15) is 0 Å². The normalized spacial score (nSPS) is 49.2. The number of hydrogen-bond acceptors (Lipinski definition) is 4. The van der Waals surface area contributed by atoms with Crippen molar-refractivity contribution in [1.82, 2.24) is 5.32 Å². The summed E-state index contributed by atoms with van der Waals surface area (Å²) in [5.74, 6) is 0. The molecule has 0 aromatic carbocycles. The second-order valence-electron chi connectivity index (χ2n) is 2.84. The van der Waals surface area contributed by atoms with Crippen LogP contribution >= 0.6 is 0 Å². The number of aliphatic hydroxyl groups is 2. The minimum atomic E-state index is -0.781. The summed E-state index contributed by atoms with van der Waals surface area (Å²) in [6.45, 7) is 2.39. The smallest absolute Gasteiger partial charge is 0.0977 e. The molecular weight excluding hydrogens is 132 g/mol. The van der Waals surface area contributed by atoms with Crippen molar-refractivity contribution in [3.05, 3.63) is 0 Å². The maximum absolute atomic E-state index is 9.22. The van der Waals surface area contributed by atoms with E-state index in [-0.39, 0.29) is 12.1 Å². The molecule has 0 aliphatic carbocycles. The third kappa shape index (κ3) is 1.29. The fourth-order valence-electron chi connectivity index (χ4n) is 1.11. The Morgan fingerprint density at radius 3 is 2.50 bits per heavy atom. The largest absolute Gasteiger partial charge is 0.389 e. The first-order valence-corrected chi connectivity index (χ1v) is 3.48. The number of rotatable bonds is 0. The fourth-order valence-corrected chi connectivity index (χ4v) is 1.11. The molecule has 4 atom stereocenters. The maximum atomic E-state index is 9.22. The van der Waals surface area contributed by atoms with Crippen molar-refractivity contribution in [3.63, 3.8) is 0 Å². The number of nitrogens with two attached hydrogens (primary N) is 1. The monoisotopic (exact) mass is 146 g/mol. The van der Waals surface area contributed by atoms with E-state index in [9.17, 15) is 10.2 Å². The van der Waals surface area contributed by atoms with Crippen LogP contribution in [0.25, 0.3) is 0 Å². The highest BCUT2D eigenvalue weighted by molar-refractivity contribution is 4.91. The van der Waals surface area contributed by atoms with Gasteiger partial charge in [0, 0.05) is 18.6 Å². The van der Waals surface area contributed by atoms with Gasteiger partial charge in [0.15, 0.2) is 0 Å². The van der Waals surface area contributed by atoms with Gasteiger partial charge in [0.2, 0.25) is 0 Å². The zero-order chi connectivity index (χ0) is 7.72. The van der Waals surface area contributed by atoms with Gasteiger partial charge in [-0.2, -0.15) is 0 Å². The predicted molar refractivity (Wildman–Crippen MR) is 37.5 cm³/mol. The van der Waals surface area contributed by atoms with Crippen molar-refractivity contribution in [1.29, 1.82) is 0 Å². The van der Waals surface area contributed by atoms with Gasteiger partial charge in [-0.25, -0.2) is 0 Å². The van der Waals surface area contributed by atoms with Crippen LogP contribution in [0.5, 0.6) is 0 Å². The SMILES string of the molecule is CC1NCC(N)C(O)[C@H]1O. The van der Waals surface area contributed by atoms with Crippen LogP contribution in [0, 0.1) is 0 Å². The summed E-state index contributed by atoms with van der Waals surface area (Å²) in [5, 5.41) is 21.4. The second-order valence-corrected chi connectivity index (χ2v) is 2.84. The molecule has 3 unspecified atom stereocenters. The molecular formula is C6H14N2O2. The molecule has 1 aliphatic heterocycles. The van der Waals surface area contributed by atoms with Gasteiger partial charge in [-0.1, -0.05) is 0 Å². The van der Waals surface area contributed by atoms with E-state index >= 15 is 0 Å². The van der Waals surface area contributed by atoms with Gasteiger partial charge in [-0.05, 0) is 6.92 Å². The van der Waals surface area contributed by atoms with E-state index in [2.05, 4.69) is 5.32 Å². The van der Waals surface area contributed by atoms with Crippen LogP contribution in [0.15, 0.2) is 0 Å². The molecule has 1 saturated heterocycles. The van der Waals surface area contributed by atoms with Gasteiger partial charge in [-0.15, -0.1) is 0 Å². The van der Waals surface area contributed by atoms with Gasteiger partial charge in [-0.3, -0.25) is 0 Å². The molecule has 1 rings (SSSR count). The summed E-state index contributed by atoms with van der Waals surface area (Å²) in [7, 11) is 0. The summed E-state index contributed by atoms with van der Waals surface area (Å²) in [4.78, 5) is 0. The Balaban J connectivity index is 2.52. The van der Waals surface area contributed by atoms with E-state index in [4.69, 9.17) is 5.73 Å². The van der Waals surface area contributed by atoms with Crippen LogP contribution in [-0.4, -0.2) is 41.0 Å². The van der Waals surface area contributed by atoms with E-state index < -0.39 is 12.2 Å². The lowest BCUT2D eigenvalue weighted by Crippen LogP contribution is -2.61. The molecule has 60 valence electrons. The lowest BCUT2D eigenvalue weighted by Gasteiger charge is -2.34. The lowest BCUT2D eigenvalue weighted by atomic mass is 9.96. The van der Waals surface area contributed by atoms with E-state index in [1.807, 2.05) is 6.92 Å². The first-order chi connectivity index (χ1) is 4.63. The Morgan fingerprint density at radius 2 is 2.00 bits per heavy atom. The Morgan fingerprint density at radius 1 is 1.40 bits per heavy atom. The van der Waals surface area contributed by atoms with Crippen LogP contribution in [0.3, 0.4) is 0 Å². The highest BCUT2D eigenvalue weighted by Crippen LogP contribution is 2.07. The molecule has 4 nitrogen and oxygen atoms in total. The van der Waals surface area contributed by atoms with E-state index in [0.717, 1.165) is 0 Å².